The molecule has 0 bridgehead atoms. The van der Waals surface area contributed by atoms with Crippen LogP contribution in [0.1, 0.15) is 22.8 Å². The summed E-state index contributed by atoms with van der Waals surface area (Å²) >= 11 is 0. The van der Waals surface area contributed by atoms with E-state index in [0.29, 0.717) is 16.9 Å². The van der Waals surface area contributed by atoms with E-state index in [9.17, 15) is 9.59 Å². The van der Waals surface area contributed by atoms with Gasteiger partial charge in [-0.05, 0) is 18.1 Å². The molecule has 3 rings (SSSR count). The number of rotatable bonds is 2. The molecule has 0 saturated carbocycles. The van der Waals surface area contributed by atoms with Crippen LogP contribution < -0.4 is 11.4 Å². The molecular weight excluding hydrogens is 270 g/mol. The average Bonchev–Trinajstić information content (AvgIpc) is 2.87. The van der Waals surface area contributed by atoms with Crippen molar-refractivity contribution in [1.82, 2.24) is 19.9 Å². The van der Waals surface area contributed by atoms with Crippen LogP contribution in [0.3, 0.4) is 0 Å². The third-order valence-electron chi connectivity index (χ3n) is 2.83. The molecule has 0 atom stereocenters. The zero-order valence-corrected chi connectivity index (χ0v) is 11.5. The summed E-state index contributed by atoms with van der Waals surface area (Å²) in [5.74, 6) is -0.345. The average molecular weight is 285 g/mol. The molecule has 0 aliphatic carbocycles. The monoisotopic (exact) mass is 285 g/mol. The first-order valence-electron chi connectivity index (χ1n) is 6.38. The fourth-order valence-corrected chi connectivity index (χ4v) is 1.84. The Kier molecular flexibility index (Phi) is 4.45. The van der Waals surface area contributed by atoms with E-state index >= 15 is 0 Å². The molecule has 0 saturated heterocycles. The minimum Gasteiger partial charge on any atom is -0.366 e. The minimum absolute atomic E-state index is 0.277. The topological polar surface area (TPSA) is 118 Å². The number of nitrogens with two attached hydrogens (primary N) is 1. The summed E-state index contributed by atoms with van der Waals surface area (Å²) in [5, 5.41) is 0. The maximum Gasteiger partial charge on any atom is 0.326 e. The second-order valence-electron chi connectivity index (χ2n) is 4.21. The number of nitrogens with one attached hydrogen (secondary N) is 2. The lowest BCUT2D eigenvalue weighted by molar-refractivity contribution is 0.0999. The van der Waals surface area contributed by atoms with Gasteiger partial charge in [0.2, 0.25) is 5.91 Å². The number of H-pyrrole nitrogens is 2. The SMILES string of the molecule is CCc1ccccc1C(N)=O.O=c1[nH]c2nccnc2[nH]1. The fraction of sp³-hybridized carbons (Fsp3) is 0.143. The maximum absolute atomic E-state index is 10.8. The molecule has 2 heterocycles. The van der Waals surface area contributed by atoms with Gasteiger partial charge in [0.05, 0.1) is 0 Å². The van der Waals surface area contributed by atoms with Gasteiger partial charge in [-0.3, -0.25) is 14.8 Å². The normalized spacial score (nSPS) is 9.95. The molecule has 0 spiro atoms. The summed E-state index contributed by atoms with van der Waals surface area (Å²) in [6.07, 6.45) is 3.89. The Morgan fingerprint density at radius 1 is 1.14 bits per heavy atom. The minimum atomic E-state index is -0.345. The van der Waals surface area contributed by atoms with Crippen LogP contribution in [0.2, 0.25) is 0 Å². The number of aromatic amines is 2. The van der Waals surface area contributed by atoms with Crippen LogP contribution in [-0.2, 0) is 6.42 Å². The predicted octanol–water partition coefficient (Wildman–Crippen LogP) is 0.994. The second kappa shape index (κ2) is 6.47. The molecule has 21 heavy (non-hydrogen) atoms. The lowest BCUT2D eigenvalue weighted by Crippen LogP contribution is -2.13. The summed E-state index contributed by atoms with van der Waals surface area (Å²) in [6, 6.07) is 7.39. The van der Waals surface area contributed by atoms with E-state index in [1.54, 1.807) is 6.07 Å². The van der Waals surface area contributed by atoms with Crippen LogP contribution in [0, 0.1) is 0 Å². The Labute approximate surface area is 120 Å². The van der Waals surface area contributed by atoms with E-state index in [1.165, 1.54) is 12.4 Å². The van der Waals surface area contributed by atoms with Crippen molar-refractivity contribution in [2.45, 2.75) is 13.3 Å². The van der Waals surface area contributed by atoms with Gasteiger partial charge in [0.15, 0.2) is 11.3 Å². The third kappa shape index (κ3) is 3.53. The molecule has 0 aliphatic heterocycles. The molecule has 7 heteroatoms. The number of hydrogen-bond acceptors (Lipinski definition) is 4. The summed E-state index contributed by atoms with van der Waals surface area (Å²) in [4.78, 5) is 34.1. The van der Waals surface area contributed by atoms with E-state index in [1.807, 2.05) is 25.1 Å². The quantitative estimate of drug-likeness (QED) is 0.650. The van der Waals surface area contributed by atoms with Crippen molar-refractivity contribution in [1.29, 1.82) is 0 Å². The van der Waals surface area contributed by atoms with Gasteiger partial charge < -0.3 is 5.73 Å². The number of amides is 1. The summed E-state index contributed by atoms with van der Waals surface area (Å²) < 4.78 is 0. The Hall–Kier alpha value is -2.96. The highest BCUT2D eigenvalue weighted by molar-refractivity contribution is 5.94. The highest BCUT2D eigenvalue weighted by atomic mass is 16.1. The number of aryl methyl sites for hydroxylation is 1. The van der Waals surface area contributed by atoms with Crippen molar-refractivity contribution in [3.63, 3.8) is 0 Å². The van der Waals surface area contributed by atoms with Crippen LogP contribution >= 0.6 is 0 Å². The lowest BCUT2D eigenvalue weighted by Gasteiger charge is -2.01. The van der Waals surface area contributed by atoms with Crippen LogP contribution in [-0.4, -0.2) is 25.8 Å². The van der Waals surface area contributed by atoms with Gasteiger partial charge in [-0.15, -0.1) is 0 Å². The van der Waals surface area contributed by atoms with Crippen molar-refractivity contribution in [3.05, 3.63) is 58.3 Å². The number of imidazole rings is 1. The van der Waals surface area contributed by atoms with Gasteiger partial charge in [-0.1, -0.05) is 25.1 Å². The van der Waals surface area contributed by atoms with E-state index in [4.69, 9.17) is 5.73 Å². The lowest BCUT2D eigenvalue weighted by atomic mass is 10.1. The zero-order chi connectivity index (χ0) is 15.2. The second-order valence-corrected chi connectivity index (χ2v) is 4.21. The Bertz CT molecular complexity index is 770. The van der Waals surface area contributed by atoms with Crippen molar-refractivity contribution in [2.24, 2.45) is 5.73 Å². The van der Waals surface area contributed by atoms with Crippen molar-refractivity contribution >= 4 is 17.2 Å². The molecule has 0 fully saturated rings. The highest BCUT2D eigenvalue weighted by Gasteiger charge is 2.03. The summed E-state index contributed by atoms with van der Waals surface area (Å²) in [5.41, 5.74) is 7.51. The number of benzene rings is 1. The number of aromatic nitrogens is 4. The number of fused-ring (bicyclic) bond motifs is 1. The molecule has 3 aromatic rings. The van der Waals surface area contributed by atoms with Gasteiger partial charge in [0.1, 0.15) is 0 Å². The standard InChI is InChI=1S/C9H11NO.C5H4N4O/c1-2-7-5-3-4-6-8(7)9(10)11;10-5-8-3-4(9-5)7-2-1-6-3/h3-6H,2H2,1H3,(H2,10,11);1-2H,(H2,6,7,8,9,10). The summed E-state index contributed by atoms with van der Waals surface area (Å²) in [7, 11) is 0. The molecule has 108 valence electrons. The van der Waals surface area contributed by atoms with Gasteiger partial charge in [0.25, 0.3) is 0 Å². The fourth-order valence-electron chi connectivity index (χ4n) is 1.84. The first kappa shape index (κ1) is 14.4. The van der Waals surface area contributed by atoms with Gasteiger partial charge >= 0.3 is 5.69 Å². The molecule has 0 unspecified atom stereocenters. The Morgan fingerprint density at radius 2 is 1.71 bits per heavy atom. The highest BCUT2D eigenvalue weighted by Crippen LogP contribution is 2.07. The predicted molar refractivity (Wildman–Crippen MR) is 78.8 cm³/mol. The van der Waals surface area contributed by atoms with Crippen LogP contribution in [0.5, 0.6) is 0 Å². The Morgan fingerprint density at radius 3 is 2.19 bits per heavy atom. The molecule has 0 radical (unpaired) electrons. The van der Waals surface area contributed by atoms with Crippen LogP contribution in [0.25, 0.3) is 11.3 Å². The van der Waals surface area contributed by atoms with Crippen LogP contribution in [0.4, 0.5) is 0 Å². The zero-order valence-electron chi connectivity index (χ0n) is 11.5. The summed E-state index contributed by atoms with van der Waals surface area (Å²) in [6.45, 7) is 2.00. The van der Waals surface area contributed by atoms with E-state index in [0.717, 1.165) is 12.0 Å². The van der Waals surface area contributed by atoms with Crippen LogP contribution in [0.15, 0.2) is 41.5 Å². The van der Waals surface area contributed by atoms with Crippen molar-refractivity contribution in [2.75, 3.05) is 0 Å². The maximum atomic E-state index is 10.8. The Balaban J connectivity index is 0.000000154. The van der Waals surface area contributed by atoms with Gasteiger partial charge in [-0.25, -0.2) is 14.8 Å². The molecule has 0 aliphatic rings. The van der Waals surface area contributed by atoms with Gasteiger partial charge in [0, 0.05) is 18.0 Å². The van der Waals surface area contributed by atoms with E-state index in [-0.39, 0.29) is 11.6 Å². The smallest absolute Gasteiger partial charge is 0.326 e. The molecule has 2 aromatic heterocycles. The van der Waals surface area contributed by atoms with Crippen molar-refractivity contribution < 1.29 is 4.79 Å². The van der Waals surface area contributed by atoms with Gasteiger partial charge in [-0.2, -0.15) is 0 Å². The van der Waals surface area contributed by atoms with Crippen molar-refractivity contribution in [3.8, 4) is 0 Å². The number of primary amides is 1. The first-order chi connectivity index (χ1) is 10.1. The third-order valence-corrected chi connectivity index (χ3v) is 2.83. The molecule has 1 amide bonds. The molecule has 1 aromatic carbocycles. The van der Waals surface area contributed by atoms with E-state index in [2.05, 4.69) is 19.9 Å². The largest absolute Gasteiger partial charge is 0.366 e. The number of hydrogen-bond donors (Lipinski definition) is 3. The molecule has 7 nitrogen and oxygen atoms in total. The number of carbonyl (C=O) groups excluding carboxylic acids is 1. The molecular formula is C14H15N5O2. The number of nitrogens with zero attached hydrogens (tertiary/aromatic N) is 2. The molecule has 4 N–H and O–H groups in total. The van der Waals surface area contributed by atoms with E-state index < -0.39 is 0 Å². The number of carbonyl (C=O) groups is 1. The first-order valence-corrected chi connectivity index (χ1v) is 6.38.